The Hall–Kier alpha value is -2.13. The molecule has 0 spiro atoms. The summed E-state index contributed by atoms with van der Waals surface area (Å²) in [5.41, 5.74) is 0.0800. The normalized spacial score (nSPS) is 17.9. The second kappa shape index (κ2) is 7.18. The zero-order valence-electron chi connectivity index (χ0n) is 13.6. The zero-order chi connectivity index (χ0) is 17.9. The van der Waals surface area contributed by atoms with Crippen molar-refractivity contribution < 1.29 is 22.7 Å². The average Bonchev–Trinajstić information content (AvgIpc) is 2.90. The van der Waals surface area contributed by atoms with Crippen LogP contribution in [0, 0.1) is 0 Å². The van der Waals surface area contributed by atoms with E-state index < -0.39 is 15.9 Å². The number of sulfonamides is 1. The third-order valence-electron chi connectivity index (χ3n) is 4.04. The van der Waals surface area contributed by atoms with Crippen molar-refractivity contribution in [2.45, 2.75) is 30.7 Å². The van der Waals surface area contributed by atoms with E-state index >= 15 is 0 Å². The van der Waals surface area contributed by atoms with Crippen LogP contribution in [0.2, 0.25) is 0 Å². The van der Waals surface area contributed by atoms with Crippen molar-refractivity contribution in [3.63, 3.8) is 0 Å². The molecule has 0 aliphatic carbocycles. The summed E-state index contributed by atoms with van der Waals surface area (Å²) in [4.78, 5) is 25.7. The minimum atomic E-state index is -3.92. The topological polar surface area (TPSA) is 119 Å². The molecule has 0 aromatic heterocycles. The Labute approximate surface area is 141 Å². The number of carbonyl (C=O) groups is 2. The Morgan fingerprint density at radius 3 is 2.75 bits per heavy atom. The van der Waals surface area contributed by atoms with Crippen LogP contribution in [0.15, 0.2) is 23.1 Å². The van der Waals surface area contributed by atoms with E-state index in [2.05, 4.69) is 5.32 Å². The molecule has 2 rings (SSSR count). The van der Waals surface area contributed by atoms with E-state index in [-0.39, 0.29) is 28.2 Å². The van der Waals surface area contributed by atoms with Gasteiger partial charge in [0.2, 0.25) is 15.9 Å². The van der Waals surface area contributed by atoms with Crippen molar-refractivity contribution in [2.24, 2.45) is 5.14 Å². The van der Waals surface area contributed by atoms with Gasteiger partial charge in [0.05, 0.1) is 17.6 Å². The first-order chi connectivity index (χ1) is 11.3. The Bertz CT molecular complexity index is 747. The van der Waals surface area contributed by atoms with Gasteiger partial charge in [0.15, 0.2) is 0 Å². The molecule has 132 valence electrons. The summed E-state index contributed by atoms with van der Waals surface area (Å²) >= 11 is 0. The zero-order valence-corrected chi connectivity index (χ0v) is 14.4. The highest BCUT2D eigenvalue weighted by Crippen LogP contribution is 2.22. The number of carbonyl (C=O) groups excluding carboxylic acids is 2. The van der Waals surface area contributed by atoms with Gasteiger partial charge in [-0.05, 0) is 31.5 Å². The molecule has 3 N–H and O–H groups in total. The number of hydrogen-bond donors (Lipinski definition) is 2. The van der Waals surface area contributed by atoms with Gasteiger partial charge in [0, 0.05) is 25.6 Å². The van der Waals surface area contributed by atoms with E-state index in [1.807, 2.05) is 6.92 Å². The van der Waals surface area contributed by atoms with Gasteiger partial charge in [-0.2, -0.15) is 0 Å². The molecule has 9 heteroatoms. The Balaban J connectivity index is 2.16. The second-order valence-electron chi connectivity index (χ2n) is 5.49. The van der Waals surface area contributed by atoms with Crippen LogP contribution in [0.1, 0.15) is 30.1 Å². The number of ether oxygens (including phenoxy) is 1. The maximum Gasteiger partial charge on any atom is 0.255 e. The van der Waals surface area contributed by atoms with Crippen LogP contribution in [0.3, 0.4) is 0 Å². The van der Waals surface area contributed by atoms with E-state index in [9.17, 15) is 18.0 Å². The van der Waals surface area contributed by atoms with Crippen LogP contribution < -0.4 is 15.2 Å². The molecule has 0 saturated carbocycles. The number of nitrogens with one attached hydrogen (secondary N) is 1. The highest BCUT2D eigenvalue weighted by Gasteiger charge is 2.30. The monoisotopic (exact) mass is 355 g/mol. The lowest BCUT2D eigenvalue weighted by molar-refractivity contribution is -0.128. The highest BCUT2D eigenvalue weighted by atomic mass is 32.2. The van der Waals surface area contributed by atoms with Gasteiger partial charge in [-0.25, -0.2) is 13.6 Å². The predicted molar refractivity (Wildman–Crippen MR) is 87.1 cm³/mol. The third-order valence-corrected chi connectivity index (χ3v) is 4.95. The van der Waals surface area contributed by atoms with Crippen LogP contribution in [0.5, 0.6) is 5.75 Å². The Morgan fingerprint density at radius 1 is 1.46 bits per heavy atom. The Kier molecular flexibility index (Phi) is 5.45. The van der Waals surface area contributed by atoms with Crippen molar-refractivity contribution in [3.05, 3.63) is 23.8 Å². The number of primary sulfonamides is 1. The first-order valence-electron chi connectivity index (χ1n) is 7.56. The maximum absolute atomic E-state index is 12.4. The second-order valence-corrected chi connectivity index (χ2v) is 7.05. The predicted octanol–water partition coefficient (Wildman–Crippen LogP) is 0.0833. The molecule has 1 heterocycles. The van der Waals surface area contributed by atoms with Crippen molar-refractivity contribution in [3.8, 4) is 5.75 Å². The molecular formula is C15H21N3O5S. The minimum Gasteiger partial charge on any atom is -0.496 e. The first kappa shape index (κ1) is 18.2. The summed E-state index contributed by atoms with van der Waals surface area (Å²) in [5.74, 6) is -0.159. The van der Waals surface area contributed by atoms with Gasteiger partial charge < -0.3 is 15.0 Å². The summed E-state index contributed by atoms with van der Waals surface area (Å²) in [5, 5.41) is 7.83. The number of rotatable bonds is 6. The van der Waals surface area contributed by atoms with Crippen LogP contribution in [-0.2, 0) is 14.8 Å². The lowest BCUT2D eigenvalue weighted by atomic mass is 10.1. The molecule has 1 aromatic rings. The van der Waals surface area contributed by atoms with E-state index in [1.165, 1.54) is 25.3 Å². The summed E-state index contributed by atoms with van der Waals surface area (Å²) < 4.78 is 28.0. The lowest BCUT2D eigenvalue weighted by Gasteiger charge is -2.23. The van der Waals surface area contributed by atoms with E-state index in [4.69, 9.17) is 9.88 Å². The molecule has 1 aliphatic rings. The first-order valence-corrected chi connectivity index (χ1v) is 9.11. The average molecular weight is 355 g/mol. The Morgan fingerprint density at radius 2 is 2.17 bits per heavy atom. The van der Waals surface area contributed by atoms with Gasteiger partial charge in [-0.3, -0.25) is 9.59 Å². The van der Waals surface area contributed by atoms with Gasteiger partial charge in [-0.15, -0.1) is 0 Å². The quantitative estimate of drug-likeness (QED) is 0.749. The summed E-state index contributed by atoms with van der Waals surface area (Å²) in [6, 6.07) is 3.78. The number of amides is 2. The molecule has 1 aliphatic heterocycles. The van der Waals surface area contributed by atoms with E-state index in [0.29, 0.717) is 25.9 Å². The number of benzene rings is 1. The molecule has 1 atom stereocenters. The molecule has 1 fully saturated rings. The fraction of sp³-hybridized carbons (Fsp3) is 0.467. The van der Waals surface area contributed by atoms with Gasteiger partial charge in [0.25, 0.3) is 5.91 Å². The van der Waals surface area contributed by atoms with E-state index in [0.717, 1.165) is 0 Å². The number of nitrogens with two attached hydrogens (primary N) is 1. The van der Waals surface area contributed by atoms with Crippen molar-refractivity contribution in [1.82, 2.24) is 10.2 Å². The molecule has 8 nitrogen and oxygen atoms in total. The van der Waals surface area contributed by atoms with Crippen LogP contribution in [0.25, 0.3) is 0 Å². The number of hydrogen-bond acceptors (Lipinski definition) is 5. The molecule has 2 amide bonds. The molecule has 1 unspecified atom stereocenters. The van der Waals surface area contributed by atoms with Crippen molar-refractivity contribution in [2.75, 3.05) is 20.2 Å². The number of nitrogens with zero attached hydrogens (tertiary/aromatic N) is 1. The fourth-order valence-corrected chi connectivity index (χ4v) is 3.33. The lowest BCUT2D eigenvalue weighted by Crippen LogP contribution is -2.41. The molecule has 24 heavy (non-hydrogen) atoms. The highest BCUT2D eigenvalue weighted by molar-refractivity contribution is 7.89. The van der Waals surface area contributed by atoms with Crippen LogP contribution in [0.4, 0.5) is 0 Å². The van der Waals surface area contributed by atoms with Crippen LogP contribution in [-0.4, -0.2) is 51.4 Å². The molecule has 1 aromatic carbocycles. The van der Waals surface area contributed by atoms with Crippen LogP contribution >= 0.6 is 0 Å². The standard InChI is InChI=1S/C15H21N3O5S/c1-3-18-10(4-7-14(18)19)9-17-15(20)12-8-11(24(16,21)22)5-6-13(12)23-2/h5-6,8,10H,3-4,7,9H2,1-2H3,(H,17,20)(H2,16,21,22). The van der Waals surface area contributed by atoms with Gasteiger partial charge in [-0.1, -0.05) is 0 Å². The van der Waals surface area contributed by atoms with E-state index in [1.54, 1.807) is 4.90 Å². The number of methoxy groups -OCH3 is 1. The largest absolute Gasteiger partial charge is 0.496 e. The number of likely N-dealkylation sites (tertiary alicyclic amines) is 1. The van der Waals surface area contributed by atoms with Crippen molar-refractivity contribution in [1.29, 1.82) is 0 Å². The molecule has 0 radical (unpaired) electrons. The SMILES string of the molecule is CCN1C(=O)CCC1CNC(=O)c1cc(S(N)(=O)=O)ccc1OC. The van der Waals surface area contributed by atoms with Gasteiger partial charge in [0.1, 0.15) is 5.75 Å². The maximum atomic E-state index is 12.4. The summed E-state index contributed by atoms with van der Waals surface area (Å²) in [7, 11) is -2.54. The molecule has 1 saturated heterocycles. The smallest absolute Gasteiger partial charge is 0.255 e. The molecular weight excluding hydrogens is 334 g/mol. The minimum absolute atomic E-state index is 0.0566. The molecule has 0 bridgehead atoms. The summed E-state index contributed by atoms with van der Waals surface area (Å²) in [6.07, 6.45) is 1.15. The third kappa shape index (κ3) is 3.85. The number of likely N-dealkylation sites (N-methyl/N-ethyl adjacent to an activating group) is 1. The van der Waals surface area contributed by atoms with Crippen molar-refractivity contribution >= 4 is 21.8 Å². The summed E-state index contributed by atoms with van der Waals surface area (Å²) in [6.45, 7) is 2.77. The fourth-order valence-electron chi connectivity index (χ4n) is 2.79. The van der Waals surface area contributed by atoms with Gasteiger partial charge >= 0.3 is 0 Å².